The maximum Gasteiger partial charge on any atom is 0.241 e. The molecule has 0 atom stereocenters. The Bertz CT molecular complexity index is 430. The number of rotatable bonds is 3. The van der Waals surface area contributed by atoms with E-state index in [-0.39, 0.29) is 18.1 Å². The standard InChI is InChI=1S/C11H13N5O/c12-5-9-6-14-10(7-13-9)15-8-11(17)16-3-1-2-4-16/h6-7H,1-4,8H2,(H,14,15). The molecule has 0 radical (unpaired) electrons. The first kappa shape index (κ1) is 11.3. The van der Waals surface area contributed by atoms with Gasteiger partial charge in [-0.1, -0.05) is 0 Å². The predicted molar refractivity (Wildman–Crippen MR) is 61.1 cm³/mol. The summed E-state index contributed by atoms with van der Waals surface area (Å²) in [6.07, 6.45) is 5.00. The number of hydrogen-bond donors (Lipinski definition) is 1. The second kappa shape index (κ2) is 5.25. The molecule has 2 rings (SSSR count). The molecule has 0 spiro atoms. The van der Waals surface area contributed by atoms with E-state index >= 15 is 0 Å². The van der Waals surface area contributed by atoms with E-state index in [1.54, 1.807) is 0 Å². The smallest absolute Gasteiger partial charge is 0.241 e. The topological polar surface area (TPSA) is 81.9 Å². The molecule has 1 aromatic rings. The molecule has 0 unspecified atom stereocenters. The average Bonchev–Trinajstić information content (AvgIpc) is 2.90. The van der Waals surface area contributed by atoms with Crippen LogP contribution >= 0.6 is 0 Å². The molecule has 6 nitrogen and oxygen atoms in total. The van der Waals surface area contributed by atoms with Gasteiger partial charge in [0.05, 0.1) is 18.9 Å². The molecule has 1 saturated heterocycles. The normalized spacial score (nSPS) is 14.4. The van der Waals surface area contributed by atoms with E-state index in [1.165, 1.54) is 12.4 Å². The molecule has 1 aliphatic heterocycles. The number of nitriles is 1. The first-order valence-electron chi connectivity index (χ1n) is 5.53. The quantitative estimate of drug-likeness (QED) is 0.813. The van der Waals surface area contributed by atoms with E-state index in [0.29, 0.717) is 5.82 Å². The summed E-state index contributed by atoms with van der Waals surface area (Å²) in [5.74, 6) is 0.588. The molecule has 1 aromatic heterocycles. The number of nitrogens with zero attached hydrogens (tertiary/aromatic N) is 4. The van der Waals surface area contributed by atoms with Crippen molar-refractivity contribution >= 4 is 11.7 Å². The SMILES string of the molecule is N#Cc1cnc(NCC(=O)N2CCCC2)cn1. The van der Waals surface area contributed by atoms with Crippen molar-refractivity contribution in [1.82, 2.24) is 14.9 Å². The van der Waals surface area contributed by atoms with Crippen molar-refractivity contribution in [3.8, 4) is 6.07 Å². The summed E-state index contributed by atoms with van der Waals surface area (Å²) in [5, 5.41) is 11.5. The molecule has 1 N–H and O–H groups in total. The van der Waals surface area contributed by atoms with Gasteiger partial charge in [-0.15, -0.1) is 0 Å². The van der Waals surface area contributed by atoms with E-state index in [2.05, 4.69) is 15.3 Å². The maximum absolute atomic E-state index is 11.7. The Hall–Kier alpha value is -2.16. The van der Waals surface area contributed by atoms with Crippen LogP contribution in [0.5, 0.6) is 0 Å². The van der Waals surface area contributed by atoms with Crippen LogP contribution in [0, 0.1) is 11.3 Å². The molecule has 1 aliphatic rings. The fraction of sp³-hybridized carbons (Fsp3) is 0.455. The van der Waals surface area contributed by atoms with Gasteiger partial charge in [0.15, 0.2) is 5.69 Å². The fourth-order valence-electron chi connectivity index (χ4n) is 1.72. The van der Waals surface area contributed by atoms with Crippen LogP contribution in [-0.2, 0) is 4.79 Å². The third-order valence-electron chi connectivity index (χ3n) is 2.65. The molecular formula is C11H13N5O. The van der Waals surface area contributed by atoms with Crippen LogP contribution in [0.4, 0.5) is 5.82 Å². The van der Waals surface area contributed by atoms with Crippen LogP contribution in [0.3, 0.4) is 0 Å². The Morgan fingerprint density at radius 2 is 2.18 bits per heavy atom. The van der Waals surface area contributed by atoms with Crippen LogP contribution in [0.2, 0.25) is 0 Å². The largest absolute Gasteiger partial charge is 0.360 e. The molecule has 0 aromatic carbocycles. The van der Waals surface area contributed by atoms with Gasteiger partial charge in [0.25, 0.3) is 0 Å². The van der Waals surface area contributed by atoms with Crippen LogP contribution in [0.1, 0.15) is 18.5 Å². The highest BCUT2D eigenvalue weighted by Crippen LogP contribution is 2.07. The molecule has 1 fully saturated rings. The van der Waals surface area contributed by atoms with E-state index in [9.17, 15) is 4.79 Å². The lowest BCUT2D eigenvalue weighted by atomic mass is 10.4. The highest BCUT2D eigenvalue weighted by molar-refractivity contribution is 5.80. The Labute approximate surface area is 99.3 Å². The minimum atomic E-state index is 0.0775. The van der Waals surface area contributed by atoms with Gasteiger partial charge < -0.3 is 10.2 Å². The predicted octanol–water partition coefficient (Wildman–Crippen LogP) is 0.383. The number of aromatic nitrogens is 2. The zero-order chi connectivity index (χ0) is 12.1. The molecule has 17 heavy (non-hydrogen) atoms. The van der Waals surface area contributed by atoms with Gasteiger partial charge in [-0.25, -0.2) is 9.97 Å². The summed E-state index contributed by atoms with van der Waals surface area (Å²) in [6.45, 7) is 1.92. The first-order valence-corrected chi connectivity index (χ1v) is 5.53. The Morgan fingerprint density at radius 1 is 1.41 bits per heavy atom. The monoisotopic (exact) mass is 231 g/mol. The van der Waals surface area contributed by atoms with Crippen molar-refractivity contribution in [2.75, 3.05) is 25.0 Å². The number of carbonyl (C=O) groups is 1. The van der Waals surface area contributed by atoms with Crippen LogP contribution in [-0.4, -0.2) is 40.4 Å². The number of amides is 1. The van der Waals surface area contributed by atoms with Gasteiger partial charge in [-0.2, -0.15) is 5.26 Å². The molecule has 88 valence electrons. The van der Waals surface area contributed by atoms with Gasteiger partial charge in [0.1, 0.15) is 11.9 Å². The van der Waals surface area contributed by atoms with Crippen molar-refractivity contribution in [3.05, 3.63) is 18.1 Å². The minimum Gasteiger partial charge on any atom is -0.360 e. The number of anilines is 1. The van der Waals surface area contributed by atoms with Crippen molar-refractivity contribution in [1.29, 1.82) is 5.26 Å². The average molecular weight is 231 g/mol. The maximum atomic E-state index is 11.7. The summed E-state index contributed by atoms with van der Waals surface area (Å²) in [5.41, 5.74) is 0.265. The highest BCUT2D eigenvalue weighted by Gasteiger charge is 2.17. The zero-order valence-corrected chi connectivity index (χ0v) is 9.39. The van der Waals surface area contributed by atoms with E-state index in [1.807, 2.05) is 11.0 Å². The van der Waals surface area contributed by atoms with Crippen molar-refractivity contribution in [2.24, 2.45) is 0 Å². The molecule has 0 aliphatic carbocycles. The molecule has 0 bridgehead atoms. The molecular weight excluding hydrogens is 218 g/mol. The van der Waals surface area contributed by atoms with Gasteiger partial charge in [-0.3, -0.25) is 4.79 Å². The van der Waals surface area contributed by atoms with Gasteiger partial charge in [0, 0.05) is 13.1 Å². The number of hydrogen-bond acceptors (Lipinski definition) is 5. The highest BCUT2D eigenvalue weighted by atomic mass is 16.2. The lowest BCUT2D eigenvalue weighted by Gasteiger charge is -2.15. The number of likely N-dealkylation sites (tertiary alicyclic amines) is 1. The first-order chi connectivity index (χ1) is 8.29. The minimum absolute atomic E-state index is 0.0775. The lowest BCUT2D eigenvalue weighted by molar-refractivity contribution is -0.128. The van der Waals surface area contributed by atoms with Crippen molar-refractivity contribution in [3.63, 3.8) is 0 Å². The zero-order valence-electron chi connectivity index (χ0n) is 9.39. The van der Waals surface area contributed by atoms with Crippen LogP contribution in [0.25, 0.3) is 0 Å². The van der Waals surface area contributed by atoms with Gasteiger partial charge in [0.2, 0.25) is 5.91 Å². The van der Waals surface area contributed by atoms with Crippen LogP contribution in [0.15, 0.2) is 12.4 Å². The Morgan fingerprint density at radius 3 is 2.76 bits per heavy atom. The van der Waals surface area contributed by atoms with Crippen LogP contribution < -0.4 is 5.32 Å². The summed E-state index contributed by atoms with van der Waals surface area (Å²) < 4.78 is 0. The molecule has 6 heteroatoms. The molecule has 0 saturated carbocycles. The van der Waals surface area contributed by atoms with Gasteiger partial charge in [-0.05, 0) is 12.8 Å². The molecule has 2 heterocycles. The Kier molecular flexibility index (Phi) is 3.50. The van der Waals surface area contributed by atoms with E-state index in [0.717, 1.165) is 25.9 Å². The summed E-state index contributed by atoms with van der Waals surface area (Å²) in [7, 11) is 0. The second-order valence-corrected chi connectivity index (χ2v) is 3.84. The van der Waals surface area contributed by atoms with Crippen molar-refractivity contribution < 1.29 is 4.79 Å². The van der Waals surface area contributed by atoms with Crippen molar-refractivity contribution in [2.45, 2.75) is 12.8 Å². The van der Waals surface area contributed by atoms with Gasteiger partial charge >= 0.3 is 0 Å². The summed E-state index contributed by atoms with van der Waals surface area (Å²) in [4.78, 5) is 21.4. The third kappa shape index (κ3) is 2.91. The number of carbonyl (C=O) groups excluding carboxylic acids is 1. The second-order valence-electron chi connectivity index (χ2n) is 3.84. The molecule has 1 amide bonds. The van der Waals surface area contributed by atoms with E-state index in [4.69, 9.17) is 5.26 Å². The Balaban J connectivity index is 1.84. The lowest BCUT2D eigenvalue weighted by Crippen LogP contribution is -2.33. The summed E-state index contributed by atoms with van der Waals surface area (Å²) >= 11 is 0. The van der Waals surface area contributed by atoms with E-state index < -0.39 is 0 Å². The third-order valence-corrected chi connectivity index (χ3v) is 2.65. The fourth-order valence-corrected chi connectivity index (χ4v) is 1.72. The number of nitrogens with one attached hydrogen (secondary N) is 1. The summed E-state index contributed by atoms with van der Waals surface area (Å²) in [6, 6.07) is 1.89.